The van der Waals surface area contributed by atoms with E-state index in [9.17, 15) is 0 Å². The third kappa shape index (κ3) is 3.05. The summed E-state index contributed by atoms with van der Waals surface area (Å²) in [7, 11) is 2.05. The number of hydrogen-bond acceptors (Lipinski definition) is 4. The minimum absolute atomic E-state index is 0.615. The van der Waals surface area contributed by atoms with Crippen molar-refractivity contribution in [2.75, 3.05) is 20.1 Å². The largest absolute Gasteiger partial charge is 0.316 e. The van der Waals surface area contributed by atoms with Gasteiger partial charge in [0.25, 0.3) is 0 Å². The van der Waals surface area contributed by atoms with Crippen LogP contribution in [0.3, 0.4) is 0 Å². The van der Waals surface area contributed by atoms with Crippen molar-refractivity contribution in [1.29, 1.82) is 0 Å². The Labute approximate surface area is 119 Å². The smallest absolute Gasteiger partial charge is 0.0939 e. The molecule has 1 fully saturated rings. The van der Waals surface area contributed by atoms with Crippen LogP contribution in [0, 0.1) is 0 Å². The predicted octanol–water partition coefficient (Wildman–Crippen LogP) is 1.66. The molecule has 5 nitrogen and oxygen atoms in total. The topological polar surface area (TPSA) is 56.8 Å². The molecule has 1 saturated heterocycles. The Morgan fingerprint density at radius 3 is 3.25 bits per heavy atom. The van der Waals surface area contributed by atoms with E-state index in [1.54, 1.807) is 6.20 Å². The molecule has 0 aromatic carbocycles. The maximum absolute atomic E-state index is 4.38. The van der Waals surface area contributed by atoms with Crippen LogP contribution in [-0.2, 0) is 6.54 Å². The first kappa shape index (κ1) is 13.3. The van der Waals surface area contributed by atoms with Gasteiger partial charge < -0.3 is 5.32 Å². The van der Waals surface area contributed by atoms with Gasteiger partial charge in [0.05, 0.1) is 5.69 Å². The molecule has 1 aliphatic heterocycles. The first-order valence-electron chi connectivity index (χ1n) is 7.19. The van der Waals surface area contributed by atoms with Crippen molar-refractivity contribution >= 4 is 0 Å². The van der Waals surface area contributed by atoms with E-state index in [2.05, 4.69) is 31.5 Å². The van der Waals surface area contributed by atoms with E-state index in [1.807, 2.05) is 25.4 Å². The van der Waals surface area contributed by atoms with Gasteiger partial charge in [0.15, 0.2) is 0 Å². The van der Waals surface area contributed by atoms with E-state index in [1.165, 1.54) is 25.1 Å². The lowest BCUT2D eigenvalue weighted by Gasteiger charge is -2.32. The molecule has 20 heavy (non-hydrogen) atoms. The molecule has 3 heterocycles. The molecule has 1 atom stereocenters. The summed E-state index contributed by atoms with van der Waals surface area (Å²) < 4.78 is 0. The van der Waals surface area contributed by atoms with Gasteiger partial charge in [-0.2, -0.15) is 5.10 Å². The molecule has 2 aromatic heterocycles. The van der Waals surface area contributed by atoms with E-state index in [4.69, 9.17) is 0 Å². The molecular weight excluding hydrogens is 250 g/mol. The summed E-state index contributed by atoms with van der Waals surface area (Å²) >= 11 is 0. The van der Waals surface area contributed by atoms with Crippen molar-refractivity contribution < 1.29 is 0 Å². The van der Waals surface area contributed by atoms with Crippen molar-refractivity contribution in [3.63, 3.8) is 0 Å². The molecule has 2 N–H and O–H groups in total. The zero-order valence-electron chi connectivity index (χ0n) is 11.8. The molecule has 106 valence electrons. The number of H-pyrrole nitrogens is 1. The molecule has 0 spiro atoms. The van der Waals surface area contributed by atoms with Crippen LogP contribution in [0.25, 0.3) is 11.3 Å². The average molecular weight is 271 g/mol. The second-order valence-electron chi connectivity index (χ2n) is 5.38. The van der Waals surface area contributed by atoms with E-state index < -0.39 is 0 Å². The number of aromatic nitrogens is 3. The molecule has 5 heteroatoms. The number of hydrogen-bond donors (Lipinski definition) is 2. The number of aromatic amines is 1. The summed E-state index contributed by atoms with van der Waals surface area (Å²) in [5, 5.41) is 10.9. The Bertz CT molecular complexity index is 536. The van der Waals surface area contributed by atoms with Crippen LogP contribution < -0.4 is 5.32 Å². The summed E-state index contributed by atoms with van der Waals surface area (Å²) in [4.78, 5) is 6.61. The second kappa shape index (κ2) is 6.15. The molecule has 0 aliphatic carbocycles. The Hall–Kier alpha value is -1.72. The van der Waals surface area contributed by atoms with Gasteiger partial charge in [0, 0.05) is 42.8 Å². The lowest BCUT2D eigenvalue weighted by molar-refractivity contribution is 0.186. The quantitative estimate of drug-likeness (QED) is 0.888. The highest BCUT2D eigenvalue weighted by Gasteiger charge is 2.19. The maximum Gasteiger partial charge on any atom is 0.0939 e. The maximum atomic E-state index is 4.38. The number of nitrogens with one attached hydrogen (secondary N) is 2. The highest BCUT2D eigenvalue weighted by molar-refractivity contribution is 5.57. The van der Waals surface area contributed by atoms with E-state index in [0.29, 0.717) is 6.04 Å². The van der Waals surface area contributed by atoms with Crippen LogP contribution >= 0.6 is 0 Å². The molecule has 0 bridgehead atoms. The lowest BCUT2D eigenvalue weighted by Crippen LogP contribution is -2.43. The summed E-state index contributed by atoms with van der Waals surface area (Å²) in [5.41, 5.74) is 3.19. The fourth-order valence-corrected chi connectivity index (χ4v) is 2.78. The zero-order chi connectivity index (χ0) is 13.8. The van der Waals surface area contributed by atoms with Crippen molar-refractivity contribution in [2.45, 2.75) is 25.4 Å². The van der Waals surface area contributed by atoms with Crippen LogP contribution in [0.5, 0.6) is 0 Å². The minimum atomic E-state index is 0.615. The number of piperidine rings is 1. The van der Waals surface area contributed by atoms with Crippen LogP contribution in [0.4, 0.5) is 0 Å². The number of pyridine rings is 1. The van der Waals surface area contributed by atoms with Gasteiger partial charge >= 0.3 is 0 Å². The number of likely N-dealkylation sites (tertiary alicyclic amines) is 1. The number of rotatable bonds is 4. The Morgan fingerprint density at radius 2 is 2.45 bits per heavy atom. The average Bonchev–Trinajstić information content (AvgIpc) is 2.97. The standard InChI is InChI=1S/C15H21N5/c1-16-13-5-3-7-20(10-13)11-14-8-15(19-18-14)12-4-2-6-17-9-12/h2,4,6,8-9,13,16H,3,5,7,10-11H2,1H3,(H,18,19). The van der Waals surface area contributed by atoms with Gasteiger partial charge in [-0.3, -0.25) is 15.0 Å². The molecule has 0 saturated carbocycles. The van der Waals surface area contributed by atoms with E-state index in [0.717, 1.165) is 24.3 Å². The fourth-order valence-electron chi connectivity index (χ4n) is 2.78. The highest BCUT2D eigenvalue weighted by atomic mass is 15.2. The summed E-state index contributed by atoms with van der Waals surface area (Å²) in [6, 6.07) is 6.71. The van der Waals surface area contributed by atoms with Gasteiger partial charge in [0.2, 0.25) is 0 Å². The van der Waals surface area contributed by atoms with Crippen molar-refractivity contribution in [2.24, 2.45) is 0 Å². The normalized spacial score (nSPS) is 20.1. The zero-order valence-corrected chi connectivity index (χ0v) is 11.8. The Balaban J connectivity index is 1.65. The van der Waals surface area contributed by atoms with Crippen LogP contribution in [0.1, 0.15) is 18.5 Å². The second-order valence-corrected chi connectivity index (χ2v) is 5.38. The van der Waals surface area contributed by atoms with E-state index >= 15 is 0 Å². The predicted molar refractivity (Wildman–Crippen MR) is 79.2 cm³/mol. The molecule has 0 radical (unpaired) electrons. The molecule has 3 rings (SSSR count). The number of likely N-dealkylation sites (N-methyl/N-ethyl adjacent to an activating group) is 1. The third-order valence-electron chi connectivity index (χ3n) is 3.90. The van der Waals surface area contributed by atoms with Gasteiger partial charge in [-0.1, -0.05) is 0 Å². The summed E-state index contributed by atoms with van der Waals surface area (Å²) in [6.45, 7) is 3.21. The van der Waals surface area contributed by atoms with Gasteiger partial charge in [-0.15, -0.1) is 0 Å². The number of nitrogens with zero attached hydrogens (tertiary/aromatic N) is 3. The molecule has 1 aliphatic rings. The molecule has 1 unspecified atom stereocenters. The van der Waals surface area contributed by atoms with Gasteiger partial charge in [-0.25, -0.2) is 0 Å². The van der Waals surface area contributed by atoms with Crippen LogP contribution in [0.15, 0.2) is 30.6 Å². The van der Waals surface area contributed by atoms with E-state index in [-0.39, 0.29) is 0 Å². The first-order valence-corrected chi connectivity index (χ1v) is 7.19. The van der Waals surface area contributed by atoms with Crippen LogP contribution in [0.2, 0.25) is 0 Å². The SMILES string of the molecule is CNC1CCCN(Cc2cc(-c3cccnc3)n[nH]2)C1. The van der Waals surface area contributed by atoms with Crippen molar-refractivity contribution in [3.8, 4) is 11.3 Å². The molecule has 2 aromatic rings. The molecular formula is C15H21N5. The first-order chi connectivity index (χ1) is 9.85. The minimum Gasteiger partial charge on any atom is -0.316 e. The Morgan fingerprint density at radius 1 is 1.50 bits per heavy atom. The van der Waals surface area contributed by atoms with Crippen molar-refractivity contribution in [3.05, 3.63) is 36.3 Å². The fraction of sp³-hybridized carbons (Fsp3) is 0.467. The monoisotopic (exact) mass is 271 g/mol. The Kier molecular flexibility index (Phi) is 4.08. The van der Waals surface area contributed by atoms with Gasteiger partial charge in [-0.05, 0) is 44.6 Å². The summed E-state index contributed by atoms with van der Waals surface area (Å²) in [5.74, 6) is 0. The highest BCUT2D eigenvalue weighted by Crippen LogP contribution is 2.18. The van der Waals surface area contributed by atoms with Gasteiger partial charge in [0.1, 0.15) is 0 Å². The summed E-state index contributed by atoms with van der Waals surface area (Å²) in [6.07, 6.45) is 6.16. The third-order valence-corrected chi connectivity index (χ3v) is 3.90. The molecule has 0 amide bonds. The van der Waals surface area contributed by atoms with Crippen molar-refractivity contribution in [1.82, 2.24) is 25.4 Å². The lowest BCUT2D eigenvalue weighted by atomic mass is 10.1. The van der Waals surface area contributed by atoms with Crippen LogP contribution in [-0.4, -0.2) is 46.3 Å².